The Morgan fingerprint density at radius 1 is 1.15 bits per heavy atom. The fraction of sp³-hybridized carbons (Fsp3) is 0.571. The highest BCUT2D eigenvalue weighted by atomic mass is 32.2. The van der Waals surface area contributed by atoms with Gasteiger partial charge in [0, 0.05) is 18.8 Å². The molecule has 0 unspecified atom stereocenters. The summed E-state index contributed by atoms with van der Waals surface area (Å²) in [7, 11) is -3.31. The zero-order valence-electron chi connectivity index (χ0n) is 11.7. The summed E-state index contributed by atoms with van der Waals surface area (Å²) in [6.45, 7) is 3.40. The summed E-state index contributed by atoms with van der Waals surface area (Å²) >= 11 is 0. The molecule has 0 bridgehead atoms. The molecule has 0 amide bonds. The summed E-state index contributed by atoms with van der Waals surface area (Å²) in [5, 5.41) is 0. The van der Waals surface area contributed by atoms with E-state index >= 15 is 0 Å². The molecule has 20 heavy (non-hydrogen) atoms. The van der Waals surface area contributed by atoms with E-state index in [1.54, 1.807) is 24.3 Å². The average Bonchev–Trinajstić information content (AvgIpc) is 2.42. The van der Waals surface area contributed by atoms with E-state index in [1.807, 2.05) is 0 Å². The van der Waals surface area contributed by atoms with Crippen LogP contribution in [0.4, 0.5) is 5.69 Å². The van der Waals surface area contributed by atoms with Gasteiger partial charge in [0.15, 0.2) is 0 Å². The van der Waals surface area contributed by atoms with Crippen molar-refractivity contribution >= 4 is 15.7 Å². The highest BCUT2D eigenvalue weighted by Gasteiger charge is 2.14. The standard InChI is InChI=1S/C14H23N3O2S/c15-14-7-3-2-6-13(14)12-20(18,19)16-8-11-17-9-4-1-5-10-17/h2-3,6-7,16H,1,4-5,8-12,15H2. The minimum Gasteiger partial charge on any atom is -0.398 e. The van der Waals surface area contributed by atoms with E-state index in [2.05, 4.69) is 9.62 Å². The molecule has 0 radical (unpaired) electrons. The fourth-order valence-electron chi connectivity index (χ4n) is 2.46. The van der Waals surface area contributed by atoms with Gasteiger partial charge in [-0.15, -0.1) is 0 Å². The lowest BCUT2D eigenvalue weighted by Crippen LogP contribution is -2.38. The number of nitrogens with one attached hydrogen (secondary N) is 1. The van der Waals surface area contributed by atoms with Crippen LogP contribution in [-0.2, 0) is 15.8 Å². The van der Waals surface area contributed by atoms with Crippen LogP contribution in [0.15, 0.2) is 24.3 Å². The van der Waals surface area contributed by atoms with Gasteiger partial charge >= 0.3 is 0 Å². The van der Waals surface area contributed by atoms with Crippen molar-refractivity contribution in [1.82, 2.24) is 9.62 Å². The van der Waals surface area contributed by atoms with Crippen LogP contribution in [0.5, 0.6) is 0 Å². The number of piperidine rings is 1. The zero-order valence-corrected chi connectivity index (χ0v) is 12.5. The molecule has 1 aromatic rings. The summed E-state index contributed by atoms with van der Waals surface area (Å²) in [5.41, 5.74) is 6.95. The Labute approximate surface area is 121 Å². The first-order valence-electron chi connectivity index (χ1n) is 7.10. The Morgan fingerprint density at radius 2 is 1.85 bits per heavy atom. The number of likely N-dealkylation sites (tertiary alicyclic amines) is 1. The van der Waals surface area contributed by atoms with Crippen molar-refractivity contribution in [3.63, 3.8) is 0 Å². The third-order valence-electron chi connectivity index (χ3n) is 3.60. The maximum Gasteiger partial charge on any atom is 0.215 e. The zero-order chi connectivity index (χ0) is 14.4. The van der Waals surface area contributed by atoms with Crippen molar-refractivity contribution in [2.75, 3.05) is 31.9 Å². The molecule has 1 aliphatic rings. The van der Waals surface area contributed by atoms with Crippen LogP contribution in [0.3, 0.4) is 0 Å². The second-order valence-corrected chi connectivity index (χ2v) is 7.06. The molecule has 0 saturated carbocycles. The Hall–Kier alpha value is -1.11. The van der Waals surface area contributed by atoms with Crippen molar-refractivity contribution in [1.29, 1.82) is 0 Å². The van der Waals surface area contributed by atoms with Crippen LogP contribution in [0.2, 0.25) is 0 Å². The molecule has 1 fully saturated rings. The number of hydrogen-bond donors (Lipinski definition) is 2. The maximum absolute atomic E-state index is 12.0. The smallest absolute Gasteiger partial charge is 0.215 e. The summed E-state index contributed by atoms with van der Waals surface area (Å²) in [6.07, 6.45) is 3.72. The molecular weight excluding hydrogens is 274 g/mol. The molecule has 5 nitrogen and oxygen atoms in total. The lowest BCUT2D eigenvalue weighted by molar-refractivity contribution is 0.233. The van der Waals surface area contributed by atoms with E-state index in [9.17, 15) is 8.42 Å². The molecule has 112 valence electrons. The summed E-state index contributed by atoms with van der Waals surface area (Å²) < 4.78 is 26.7. The van der Waals surface area contributed by atoms with Gasteiger partial charge < -0.3 is 10.6 Å². The summed E-state index contributed by atoms with van der Waals surface area (Å²) in [6, 6.07) is 7.07. The fourth-order valence-corrected chi connectivity index (χ4v) is 3.64. The highest BCUT2D eigenvalue weighted by Crippen LogP contribution is 2.13. The van der Waals surface area contributed by atoms with Crippen molar-refractivity contribution in [2.24, 2.45) is 0 Å². The van der Waals surface area contributed by atoms with Gasteiger partial charge in [-0.25, -0.2) is 13.1 Å². The lowest BCUT2D eigenvalue weighted by Gasteiger charge is -2.26. The van der Waals surface area contributed by atoms with E-state index < -0.39 is 10.0 Å². The van der Waals surface area contributed by atoms with Gasteiger partial charge in [-0.3, -0.25) is 0 Å². The van der Waals surface area contributed by atoms with Crippen LogP contribution >= 0.6 is 0 Å². The Morgan fingerprint density at radius 3 is 2.55 bits per heavy atom. The topological polar surface area (TPSA) is 75.4 Å². The predicted octanol–water partition coefficient (Wildman–Crippen LogP) is 1.17. The van der Waals surface area contributed by atoms with Gasteiger partial charge in [-0.05, 0) is 37.6 Å². The molecule has 1 saturated heterocycles. The first-order valence-corrected chi connectivity index (χ1v) is 8.75. The van der Waals surface area contributed by atoms with Gasteiger partial charge in [0.05, 0.1) is 5.75 Å². The first-order chi connectivity index (χ1) is 9.57. The molecule has 6 heteroatoms. The lowest BCUT2D eigenvalue weighted by atomic mass is 10.1. The second kappa shape index (κ2) is 7.06. The van der Waals surface area contributed by atoms with Crippen LogP contribution in [0.25, 0.3) is 0 Å². The van der Waals surface area contributed by atoms with Crippen molar-refractivity contribution in [3.05, 3.63) is 29.8 Å². The van der Waals surface area contributed by atoms with Crippen LogP contribution in [-0.4, -0.2) is 39.5 Å². The molecular formula is C14H23N3O2S. The number of sulfonamides is 1. The predicted molar refractivity (Wildman–Crippen MR) is 81.8 cm³/mol. The highest BCUT2D eigenvalue weighted by molar-refractivity contribution is 7.88. The second-order valence-electron chi connectivity index (χ2n) is 5.25. The monoisotopic (exact) mass is 297 g/mol. The molecule has 0 aliphatic carbocycles. The molecule has 0 spiro atoms. The molecule has 0 atom stereocenters. The van der Waals surface area contributed by atoms with Gasteiger partial charge in [0.1, 0.15) is 0 Å². The quantitative estimate of drug-likeness (QED) is 0.773. The van der Waals surface area contributed by atoms with Crippen LogP contribution in [0.1, 0.15) is 24.8 Å². The Bertz CT molecular complexity index is 525. The minimum absolute atomic E-state index is 0.0559. The maximum atomic E-state index is 12.0. The summed E-state index contributed by atoms with van der Waals surface area (Å²) in [4.78, 5) is 2.31. The molecule has 1 heterocycles. The van der Waals surface area contributed by atoms with Crippen molar-refractivity contribution in [2.45, 2.75) is 25.0 Å². The van der Waals surface area contributed by atoms with Gasteiger partial charge in [0.25, 0.3) is 0 Å². The van der Waals surface area contributed by atoms with E-state index in [0.29, 0.717) is 17.8 Å². The molecule has 2 rings (SSSR count). The third-order valence-corrected chi connectivity index (χ3v) is 4.93. The van der Waals surface area contributed by atoms with Crippen molar-refractivity contribution < 1.29 is 8.42 Å². The third kappa shape index (κ3) is 4.77. The number of rotatable bonds is 6. The molecule has 1 aliphatic heterocycles. The molecule has 1 aromatic carbocycles. The number of nitrogen functional groups attached to an aromatic ring is 1. The molecule has 3 N–H and O–H groups in total. The van der Waals surface area contributed by atoms with Crippen molar-refractivity contribution in [3.8, 4) is 0 Å². The van der Waals surface area contributed by atoms with Gasteiger partial charge in [0.2, 0.25) is 10.0 Å². The minimum atomic E-state index is -3.31. The number of benzene rings is 1. The SMILES string of the molecule is Nc1ccccc1CS(=O)(=O)NCCN1CCCCC1. The first kappa shape index (κ1) is 15.3. The van der Waals surface area contributed by atoms with Gasteiger partial charge in [-0.2, -0.15) is 0 Å². The summed E-state index contributed by atoms with van der Waals surface area (Å²) in [5.74, 6) is -0.0559. The van der Waals surface area contributed by atoms with Crippen LogP contribution < -0.4 is 10.5 Å². The number of anilines is 1. The van der Waals surface area contributed by atoms with E-state index in [0.717, 1.165) is 19.6 Å². The normalized spacial score (nSPS) is 17.2. The Kier molecular flexibility index (Phi) is 5.39. The largest absolute Gasteiger partial charge is 0.398 e. The molecule has 0 aromatic heterocycles. The van der Waals surface area contributed by atoms with E-state index in [4.69, 9.17) is 5.73 Å². The van der Waals surface area contributed by atoms with E-state index in [1.165, 1.54) is 19.3 Å². The number of hydrogen-bond acceptors (Lipinski definition) is 4. The van der Waals surface area contributed by atoms with Crippen LogP contribution in [0, 0.1) is 0 Å². The van der Waals surface area contributed by atoms with Gasteiger partial charge in [-0.1, -0.05) is 24.6 Å². The number of nitrogens with zero attached hydrogens (tertiary/aromatic N) is 1. The number of nitrogens with two attached hydrogens (primary N) is 1. The van der Waals surface area contributed by atoms with E-state index in [-0.39, 0.29) is 5.75 Å². The Balaban J connectivity index is 1.80. The average molecular weight is 297 g/mol. The number of para-hydroxylation sites is 1.